The zero-order valence-corrected chi connectivity index (χ0v) is 13.5. The summed E-state index contributed by atoms with van der Waals surface area (Å²) in [6, 6.07) is 0. The Kier molecular flexibility index (Phi) is 8.77. The molecule has 114 valence electrons. The first-order valence-electron chi connectivity index (χ1n) is 8.83. The summed E-state index contributed by atoms with van der Waals surface area (Å²) >= 11 is 0. The molecule has 1 N–H and O–H groups in total. The van der Waals surface area contributed by atoms with E-state index in [4.69, 9.17) is 0 Å². The molecule has 0 spiro atoms. The van der Waals surface area contributed by atoms with Crippen molar-refractivity contribution in [3.05, 3.63) is 0 Å². The molecule has 0 amide bonds. The number of hydrogen-bond donors (Lipinski definition) is 1. The van der Waals surface area contributed by atoms with Gasteiger partial charge in [-0.3, -0.25) is 0 Å². The maximum atomic E-state index is 10.1. The van der Waals surface area contributed by atoms with Crippen LogP contribution >= 0.6 is 0 Å². The van der Waals surface area contributed by atoms with Crippen molar-refractivity contribution in [2.75, 3.05) is 0 Å². The maximum absolute atomic E-state index is 10.1. The van der Waals surface area contributed by atoms with E-state index in [1.54, 1.807) is 0 Å². The molecular formula is C18H36O. The van der Waals surface area contributed by atoms with Crippen LogP contribution < -0.4 is 0 Å². The van der Waals surface area contributed by atoms with Crippen LogP contribution in [0.15, 0.2) is 0 Å². The fourth-order valence-corrected chi connectivity index (χ4v) is 3.56. The molecule has 0 radical (unpaired) electrons. The molecule has 0 bridgehead atoms. The Labute approximate surface area is 121 Å². The SMILES string of the molecule is CCCCCCCCCC1CC(C(C)C)CCC1O. The highest BCUT2D eigenvalue weighted by atomic mass is 16.3. The lowest BCUT2D eigenvalue weighted by atomic mass is 9.73. The number of aliphatic hydroxyl groups is 1. The minimum atomic E-state index is -0.00455. The summed E-state index contributed by atoms with van der Waals surface area (Å²) in [4.78, 5) is 0. The molecule has 1 saturated carbocycles. The normalized spacial score (nSPS) is 27.9. The molecular weight excluding hydrogens is 232 g/mol. The van der Waals surface area contributed by atoms with E-state index in [9.17, 15) is 5.11 Å². The molecule has 0 aromatic heterocycles. The van der Waals surface area contributed by atoms with Crippen LogP contribution in [0, 0.1) is 17.8 Å². The fourth-order valence-electron chi connectivity index (χ4n) is 3.56. The van der Waals surface area contributed by atoms with Crippen LogP contribution in [0.5, 0.6) is 0 Å². The van der Waals surface area contributed by atoms with Crippen molar-refractivity contribution in [1.82, 2.24) is 0 Å². The quantitative estimate of drug-likeness (QED) is 0.543. The monoisotopic (exact) mass is 268 g/mol. The summed E-state index contributed by atoms with van der Waals surface area (Å²) in [5.41, 5.74) is 0. The van der Waals surface area contributed by atoms with Gasteiger partial charge < -0.3 is 5.11 Å². The van der Waals surface area contributed by atoms with Gasteiger partial charge in [0.1, 0.15) is 0 Å². The zero-order valence-electron chi connectivity index (χ0n) is 13.5. The van der Waals surface area contributed by atoms with Crippen molar-refractivity contribution in [2.45, 2.75) is 97.5 Å². The first-order chi connectivity index (χ1) is 9.15. The van der Waals surface area contributed by atoms with Gasteiger partial charge in [0, 0.05) is 0 Å². The first kappa shape index (κ1) is 17.0. The van der Waals surface area contributed by atoms with Gasteiger partial charge in [-0.05, 0) is 43.4 Å². The molecule has 3 atom stereocenters. The van der Waals surface area contributed by atoms with Crippen molar-refractivity contribution >= 4 is 0 Å². The largest absolute Gasteiger partial charge is 0.393 e. The van der Waals surface area contributed by atoms with E-state index in [0.29, 0.717) is 5.92 Å². The molecule has 0 aliphatic heterocycles. The second-order valence-electron chi connectivity index (χ2n) is 7.05. The van der Waals surface area contributed by atoms with Crippen LogP contribution in [0.2, 0.25) is 0 Å². The Morgan fingerprint density at radius 1 is 0.947 bits per heavy atom. The summed E-state index contributed by atoms with van der Waals surface area (Å²) in [6.45, 7) is 6.95. The second-order valence-corrected chi connectivity index (χ2v) is 7.05. The van der Waals surface area contributed by atoms with Crippen LogP contribution in [0.4, 0.5) is 0 Å². The number of rotatable bonds is 9. The fraction of sp³-hybridized carbons (Fsp3) is 1.00. The number of unbranched alkanes of at least 4 members (excludes halogenated alkanes) is 6. The van der Waals surface area contributed by atoms with Gasteiger partial charge in [0.25, 0.3) is 0 Å². The van der Waals surface area contributed by atoms with Crippen molar-refractivity contribution in [3.8, 4) is 0 Å². The first-order valence-corrected chi connectivity index (χ1v) is 8.83. The van der Waals surface area contributed by atoms with E-state index in [-0.39, 0.29) is 6.10 Å². The molecule has 1 aliphatic rings. The van der Waals surface area contributed by atoms with Crippen molar-refractivity contribution in [2.24, 2.45) is 17.8 Å². The average molecular weight is 268 g/mol. The van der Waals surface area contributed by atoms with E-state index < -0.39 is 0 Å². The van der Waals surface area contributed by atoms with Gasteiger partial charge >= 0.3 is 0 Å². The van der Waals surface area contributed by atoms with E-state index in [1.807, 2.05) is 0 Å². The Hall–Kier alpha value is -0.0400. The minimum absolute atomic E-state index is 0.00455. The van der Waals surface area contributed by atoms with E-state index >= 15 is 0 Å². The van der Waals surface area contributed by atoms with Crippen LogP contribution in [0.1, 0.15) is 91.4 Å². The summed E-state index contributed by atoms with van der Waals surface area (Å²) < 4.78 is 0. The van der Waals surface area contributed by atoms with Crippen LogP contribution in [-0.2, 0) is 0 Å². The average Bonchev–Trinajstić information content (AvgIpc) is 2.39. The molecule has 1 fully saturated rings. The number of hydrogen-bond acceptors (Lipinski definition) is 1. The summed E-state index contributed by atoms with van der Waals surface area (Å²) in [5.74, 6) is 2.25. The van der Waals surface area contributed by atoms with Crippen LogP contribution in [-0.4, -0.2) is 11.2 Å². The van der Waals surface area contributed by atoms with Crippen LogP contribution in [0.3, 0.4) is 0 Å². The van der Waals surface area contributed by atoms with E-state index in [0.717, 1.165) is 18.3 Å². The standard InChI is InChI=1S/C18H36O/c1-4-5-6-7-8-9-10-11-17-14-16(15(2)3)12-13-18(17)19/h15-19H,4-14H2,1-3H3. The van der Waals surface area contributed by atoms with Crippen LogP contribution in [0.25, 0.3) is 0 Å². The number of aliphatic hydroxyl groups excluding tert-OH is 1. The molecule has 0 aromatic rings. The molecule has 0 saturated heterocycles. The van der Waals surface area contributed by atoms with E-state index in [1.165, 1.54) is 64.2 Å². The molecule has 19 heavy (non-hydrogen) atoms. The molecule has 1 heteroatoms. The smallest absolute Gasteiger partial charge is 0.0568 e. The van der Waals surface area contributed by atoms with Gasteiger partial charge in [-0.2, -0.15) is 0 Å². The zero-order chi connectivity index (χ0) is 14.1. The van der Waals surface area contributed by atoms with Gasteiger partial charge in [0.05, 0.1) is 6.10 Å². The lowest BCUT2D eigenvalue weighted by Crippen LogP contribution is -2.31. The molecule has 0 aromatic carbocycles. The highest BCUT2D eigenvalue weighted by molar-refractivity contribution is 4.81. The molecule has 0 heterocycles. The Morgan fingerprint density at radius 3 is 2.21 bits per heavy atom. The molecule has 1 aliphatic carbocycles. The van der Waals surface area contributed by atoms with Gasteiger partial charge in [-0.15, -0.1) is 0 Å². The van der Waals surface area contributed by atoms with Crippen molar-refractivity contribution in [3.63, 3.8) is 0 Å². The van der Waals surface area contributed by atoms with Gasteiger partial charge in [0.2, 0.25) is 0 Å². The molecule has 3 unspecified atom stereocenters. The summed E-state index contributed by atoms with van der Waals surface area (Å²) in [6.07, 6.45) is 14.5. The second kappa shape index (κ2) is 9.80. The minimum Gasteiger partial charge on any atom is -0.393 e. The topological polar surface area (TPSA) is 20.2 Å². The third kappa shape index (κ3) is 6.79. The highest BCUT2D eigenvalue weighted by Gasteiger charge is 2.29. The Morgan fingerprint density at radius 2 is 1.58 bits per heavy atom. The lowest BCUT2D eigenvalue weighted by Gasteiger charge is -2.35. The van der Waals surface area contributed by atoms with Gasteiger partial charge in [-0.1, -0.05) is 65.7 Å². The summed E-state index contributed by atoms with van der Waals surface area (Å²) in [5, 5.41) is 10.1. The summed E-state index contributed by atoms with van der Waals surface area (Å²) in [7, 11) is 0. The maximum Gasteiger partial charge on any atom is 0.0568 e. The predicted molar refractivity (Wildman–Crippen MR) is 84.3 cm³/mol. The van der Waals surface area contributed by atoms with Gasteiger partial charge in [0.15, 0.2) is 0 Å². The van der Waals surface area contributed by atoms with E-state index in [2.05, 4.69) is 20.8 Å². The Bertz CT molecular complexity index is 212. The third-order valence-corrected chi connectivity index (χ3v) is 5.10. The third-order valence-electron chi connectivity index (χ3n) is 5.10. The lowest BCUT2D eigenvalue weighted by molar-refractivity contribution is 0.0324. The molecule has 1 rings (SSSR count). The highest BCUT2D eigenvalue weighted by Crippen LogP contribution is 2.36. The Balaban J connectivity index is 2.09. The van der Waals surface area contributed by atoms with Crippen molar-refractivity contribution in [1.29, 1.82) is 0 Å². The molecule has 1 nitrogen and oxygen atoms in total. The van der Waals surface area contributed by atoms with Gasteiger partial charge in [-0.25, -0.2) is 0 Å². The predicted octanol–water partition coefficient (Wildman–Crippen LogP) is 5.56. The van der Waals surface area contributed by atoms with Crippen molar-refractivity contribution < 1.29 is 5.11 Å².